The maximum Gasteiger partial charge on any atom is 0.231 e. The molecule has 0 radical (unpaired) electrons. The van der Waals surface area contributed by atoms with Crippen molar-refractivity contribution in [1.82, 2.24) is 14.5 Å². The number of fused-ring (bicyclic) bond motifs is 1. The van der Waals surface area contributed by atoms with Crippen LogP contribution in [0.1, 0.15) is 44.9 Å². The number of hydrogen-bond donors (Lipinski definition) is 0. The third-order valence-electron chi connectivity index (χ3n) is 5.56. The van der Waals surface area contributed by atoms with Gasteiger partial charge >= 0.3 is 0 Å². The molecule has 0 unspecified atom stereocenters. The van der Waals surface area contributed by atoms with Crippen LogP contribution < -0.4 is 9.47 Å². The molecule has 5 heteroatoms. The van der Waals surface area contributed by atoms with E-state index in [1.54, 1.807) is 0 Å². The maximum atomic E-state index is 5.58. The zero-order valence-electron chi connectivity index (χ0n) is 18.9. The third kappa shape index (κ3) is 5.28. The summed E-state index contributed by atoms with van der Waals surface area (Å²) in [6.45, 7) is 10.9. The zero-order valence-corrected chi connectivity index (χ0v) is 18.9. The van der Waals surface area contributed by atoms with Crippen molar-refractivity contribution in [1.29, 1.82) is 0 Å². The molecular formula is C26H33N3O2. The van der Waals surface area contributed by atoms with E-state index < -0.39 is 0 Å². The molecule has 0 amide bonds. The molecule has 0 fully saturated rings. The Kier molecular flexibility index (Phi) is 6.92. The fraction of sp³-hybridized carbons (Fsp3) is 0.423. The molecule has 1 aliphatic rings. The number of unbranched alkanes of at least 4 members (excludes halogenated alkanes) is 1. The third-order valence-corrected chi connectivity index (χ3v) is 5.56. The molecule has 2 aromatic carbocycles. The molecule has 3 aromatic rings. The molecule has 1 aromatic heterocycles. The van der Waals surface area contributed by atoms with Gasteiger partial charge in [0.15, 0.2) is 11.5 Å². The van der Waals surface area contributed by atoms with Crippen molar-refractivity contribution >= 4 is 0 Å². The van der Waals surface area contributed by atoms with Crippen LogP contribution in [-0.4, -0.2) is 27.8 Å². The SMILES string of the molecule is CCCCn1c(CN(Cc2ccc3c(c2)OCO3)CC(C)C)cnc1-c1ccccc1. The van der Waals surface area contributed by atoms with Gasteiger partial charge in [-0.3, -0.25) is 4.90 Å². The molecule has 0 spiro atoms. The van der Waals surface area contributed by atoms with Crippen molar-refractivity contribution in [2.45, 2.75) is 53.2 Å². The van der Waals surface area contributed by atoms with Crippen LogP contribution in [0.25, 0.3) is 11.4 Å². The smallest absolute Gasteiger partial charge is 0.231 e. The molecule has 0 bridgehead atoms. The standard InChI is InChI=1S/C26H33N3O2/c1-4-5-13-29-23(15-27-26(29)22-9-7-6-8-10-22)18-28(16-20(2)3)17-21-11-12-24-25(14-21)31-19-30-24/h6-12,14-15,20H,4-5,13,16-19H2,1-3H3. The molecule has 164 valence electrons. The number of nitrogens with zero attached hydrogens (tertiary/aromatic N) is 3. The summed E-state index contributed by atoms with van der Waals surface area (Å²) >= 11 is 0. The number of rotatable bonds is 10. The molecule has 5 nitrogen and oxygen atoms in total. The predicted molar refractivity (Wildman–Crippen MR) is 124 cm³/mol. The lowest BCUT2D eigenvalue weighted by molar-refractivity contribution is 0.174. The first-order valence-electron chi connectivity index (χ1n) is 11.3. The average Bonchev–Trinajstić information content (AvgIpc) is 3.39. The topological polar surface area (TPSA) is 39.5 Å². The van der Waals surface area contributed by atoms with Crippen molar-refractivity contribution in [2.75, 3.05) is 13.3 Å². The van der Waals surface area contributed by atoms with Gasteiger partial charge in [0.05, 0.1) is 11.9 Å². The van der Waals surface area contributed by atoms with Crippen LogP contribution in [0.3, 0.4) is 0 Å². The van der Waals surface area contributed by atoms with Crippen LogP contribution in [0.5, 0.6) is 11.5 Å². The molecule has 4 rings (SSSR count). The van der Waals surface area contributed by atoms with E-state index in [-0.39, 0.29) is 0 Å². The van der Waals surface area contributed by atoms with Crippen molar-refractivity contribution in [2.24, 2.45) is 5.92 Å². The Morgan fingerprint density at radius 1 is 1.03 bits per heavy atom. The molecule has 0 N–H and O–H groups in total. The van der Waals surface area contributed by atoms with E-state index in [0.29, 0.717) is 12.7 Å². The lowest BCUT2D eigenvalue weighted by Gasteiger charge is -2.25. The fourth-order valence-corrected chi connectivity index (χ4v) is 4.15. The van der Waals surface area contributed by atoms with Gasteiger partial charge in [-0.2, -0.15) is 0 Å². The highest BCUT2D eigenvalue weighted by atomic mass is 16.7. The van der Waals surface area contributed by atoms with Gasteiger partial charge in [-0.25, -0.2) is 4.98 Å². The van der Waals surface area contributed by atoms with Gasteiger partial charge < -0.3 is 14.0 Å². The van der Waals surface area contributed by atoms with Crippen LogP contribution in [0.2, 0.25) is 0 Å². The summed E-state index contributed by atoms with van der Waals surface area (Å²) < 4.78 is 13.5. The molecule has 31 heavy (non-hydrogen) atoms. The van der Waals surface area contributed by atoms with Crippen molar-refractivity contribution < 1.29 is 9.47 Å². The Balaban J connectivity index is 1.58. The van der Waals surface area contributed by atoms with Crippen LogP contribution >= 0.6 is 0 Å². The first-order chi connectivity index (χ1) is 15.1. The predicted octanol–water partition coefficient (Wildman–Crippen LogP) is 5.74. The van der Waals surface area contributed by atoms with Crippen LogP contribution in [-0.2, 0) is 19.6 Å². The lowest BCUT2D eigenvalue weighted by Crippen LogP contribution is -2.28. The molecular weight excluding hydrogens is 386 g/mol. The second-order valence-corrected chi connectivity index (χ2v) is 8.70. The summed E-state index contributed by atoms with van der Waals surface area (Å²) in [4.78, 5) is 7.34. The normalized spacial score (nSPS) is 12.8. The van der Waals surface area contributed by atoms with Crippen LogP contribution in [0.15, 0.2) is 54.7 Å². The van der Waals surface area contributed by atoms with Gasteiger partial charge in [-0.15, -0.1) is 0 Å². The van der Waals surface area contributed by atoms with E-state index in [1.165, 1.54) is 23.2 Å². The van der Waals surface area contributed by atoms with E-state index in [2.05, 4.69) is 78.9 Å². The lowest BCUT2D eigenvalue weighted by atomic mass is 10.1. The number of aromatic nitrogens is 2. The van der Waals surface area contributed by atoms with Crippen molar-refractivity contribution in [3.05, 3.63) is 66.0 Å². The van der Waals surface area contributed by atoms with Gasteiger partial charge in [-0.1, -0.05) is 63.6 Å². The Morgan fingerprint density at radius 2 is 1.84 bits per heavy atom. The summed E-state index contributed by atoms with van der Waals surface area (Å²) in [5, 5.41) is 0. The van der Waals surface area contributed by atoms with Crippen molar-refractivity contribution in [3.8, 4) is 22.9 Å². The molecule has 0 atom stereocenters. The Morgan fingerprint density at radius 3 is 2.61 bits per heavy atom. The van der Waals surface area contributed by atoms with Gasteiger partial charge in [-0.05, 0) is 30.0 Å². The van der Waals surface area contributed by atoms with Gasteiger partial charge in [0.2, 0.25) is 6.79 Å². The molecule has 0 aliphatic carbocycles. The summed E-state index contributed by atoms with van der Waals surface area (Å²) in [5.41, 5.74) is 3.69. The highest BCUT2D eigenvalue weighted by Gasteiger charge is 2.18. The molecule has 0 saturated carbocycles. The summed E-state index contributed by atoms with van der Waals surface area (Å²) in [6.07, 6.45) is 4.37. The Bertz CT molecular complexity index is 982. The Labute approximate surface area is 185 Å². The molecule has 0 saturated heterocycles. The first kappa shape index (κ1) is 21.4. The van der Waals surface area contributed by atoms with E-state index in [9.17, 15) is 0 Å². The average molecular weight is 420 g/mol. The van der Waals surface area contributed by atoms with E-state index in [0.717, 1.165) is 49.9 Å². The molecule has 1 aliphatic heterocycles. The van der Waals surface area contributed by atoms with Gasteiger partial charge in [0.1, 0.15) is 5.82 Å². The number of imidazole rings is 1. The highest BCUT2D eigenvalue weighted by molar-refractivity contribution is 5.55. The second kappa shape index (κ2) is 10.0. The van der Waals surface area contributed by atoms with Crippen LogP contribution in [0, 0.1) is 5.92 Å². The number of ether oxygens (including phenoxy) is 2. The number of hydrogen-bond acceptors (Lipinski definition) is 4. The van der Waals surface area contributed by atoms with Crippen LogP contribution in [0.4, 0.5) is 0 Å². The second-order valence-electron chi connectivity index (χ2n) is 8.70. The quantitative estimate of drug-likeness (QED) is 0.420. The minimum Gasteiger partial charge on any atom is -0.454 e. The van der Waals surface area contributed by atoms with E-state index >= 15 is 0 Å². The van der Waals surface area contributed by atoms with E-state index in [1.807, 2.05) is 6.07 Å². The van der Waals surface area contributed by atoms with Crippen molar-refractivity contribution in [3.63, 3.8) is 0 Å². The minimum absolute atomic E-state index is 0.313. The monoisotopic (exact) mass is 419 g/mol. The number of benzene rings is 2. The maximum absolute atomic E-state index is 5.58. The highest BCUT2D eigenvalue weighted by Crippen LogP contribution is 2.33. The minimum atomic E-state index is 0.313. The summed E-state index contributed by atoms with van der Waals surface area (Å²) in [6, 6.07) is 16.8. The van der Waals surface area contributed by atoms with Gasteiger partial charge in [0.25, 0.3) is 0 Å². The summed E-state index contributed by atoms with van der Waals surface area (Å²) in [7, 11) is 0. The molecule has 2 heterocycles. The largest absolute Gasteiger partial charge is 0.454 e. The zero-order chi connectivity index (χ0) is 21.6. The summed E-state index contributed by atoms with van der Waals surface area (Å²) in [5.74, 6) is 3.33. The fourth-order valence-electron chi connectivity index (χ4n) is 4.15. The first-order valence-corrected chi connectivity index (χ1v) is 11.3. The van der Waals surface area contributed by atoms with E-state index in [4.69, 9.17) is 14.5 Å². The Hall–Kier alpha value is -2.79. The van der Waals surface area contributed by atoms with Gasteiger partial charge in [0, 0.05) is 31.7 Å².